The summed E-state index contributed by atoms with van der Waals surface area (Å²) in [6, 6.07) is 4.34. The van der Waals surface area contributed by atoms with Crippen LogP contribution in [0.2, 0.25) is 0 Å². The molecule has 0 radical (unpaired) electrons. The van der Waals surface area contributed by atoms with Crippen molar-refractivity contribution in [3.8, 4) is 17.4 Å². The first-order chi connectivity index (χ1) is 8.35. The second kappa shape index (κ2) is 4.00. The van der Waals surface area contributed by atoms with Crippen LogP contribution >= 0.6 is 0 Å². The first kappa shape index (κ1) is 10.0. The van der Waals surface area contributed by atoms with Crippen molar-refractivity contribution < 1.29 is 9.26 Å². The van der Waals surface area contributed by atoms with Gasteiger partial charge < -0.3 is 14.6 Å². The maximum absolute atomic E-state index is 5.06. The highest BCUT2D eigenvalue weighted by atomic mass is 16.5. The fraction of sp³-hybridized carbons (Fsp3) is 0.400. The molecule has 2 aromatic heterocycles. The van der Waals surface area contributed by atoms with Crippen LogP contribution in [0.3, 0.4) is 0 Å². The summed E-state index contributed by atoms with van der Waals surface area (Å²) in [5.74, 6) is 0.872. The van der Waals surface area contributed by atoms with E-state index in [0.29, 0.717) is 29.5 Å². The van der Waals surface area contributed by atoms with Crippen LogP contribution in [0.1, 0.15) is 12.8 Å². The van der Waals surface area contributed by atoms with E-state index in [4.69, 9.17) is 9.26 Å². The van der Waals surface area contributed by atoms with Crippen molar-refractivity contribution in [1.82, 2.24) is 20.3 Å². The number of ether oxygens (including phenoxy) is 1. The van der Waals surface area contributed by atoms with Crippen molar-refractivity contribution in [2.45, 2.75) is 18.9 Å². The number of aromatic nitrogens is 4. The van der Waals surface area contributed by atoms with E-state index in [-0.39, 0.29) is 0 Å². The molecule has 88 valence electrons. The van der Waals surface area contributed by atoms with Crippen LogP contribution in [-0.4, -0.2) is 33.5 Å². The topological polar surface area (TPSA) is 86.0 Å². The van der Waals surface area contributed by atoms with Gasteiger partial charge in [-0.1, -0.05) is 5.16 Å². The van der Waals surface area contributed by atoms with Gasteiger partial charge in [0.05, 0.1) is 7.11 Å². The number of nitrogens with zero attached hydrogens (tertiary/aromatic N) is 4. The highest BCUT2D eigenvalue weighted by Crippen LogP contribution is 2.24. The molecule has 3 rings (SSSR count). The van der Waals surface area contributed by atoms with Crippen molar-refractivity contribution in [2.24, 2.45) is 0 Å². The highest BCUT2D eigenvalue weighted by Gasteiger charge is 2.23. The second-order valence-corrected chi connectivity index (χ2v) is 3.80. The minimum Gasteiger partial charge on any atom is -0.480 e. The molecule has 0 aliphatic heterocycles. The van der Waals surface area contributed by atoms with Gasteiger partial charge in [0.1, 0.15) is 5.69 Å². The fourth-order valence-corrected chi connectivity index (χ4v) is 1.34. The molecule has 1 saturated carbocycles. The van der Waals surface area contributed by atoms with Gasteiger partial charge in [-0.25, -0.2) is 0 Å². The molecule has 7 nitrogen and oxygen atoms in total. The van der Waals surface area contributed by atoms with Crippen molar-refractivity contribution in [1.29, 1.82) is 0 Å². The Balaban J connectivity index is 1.79. The van der Waals surface area contributed by atoms with Gasteiger partial charge >= 0.3 is 6.01 Å². The third kappa shape index (κ3) is 2.17. The van der Waals surface area contributed by atoms with Crippen LogP contribution in [0.5, 0.6) is 5.88 Å². The molecule has 1 fully saturated rings. The summed E-state index contributed by atoms with van der Waals surface area (Å²) in [6.07, 6.45) is 2.31. The Morgan fingerprint density at radius 1 is 1.35 bits per heavy atom. The average molecular weight is 233 g/mol. The molecular weight excluding hydrogens is 222 g/mol. The van der Waals surface area contributed by atoms with Gasteiger partial charge in [-0.2, -0.15) is 4.98 Å². The van der Waals surface area contributed by atoms with E-state index in [9.17, 15) is 0 Å². The molecule has 0 spiro atoms. The lowest BCUT2D eigenvalue weighted by molar-refractivity contribution is 0.392. The molecule has 2 heterocycles. The lowest BCUT2D eigenvalue weighted by Crippen LogP contribution is -2.00. The number of rotatable bonds is 4. The van der Waals surface area contributed by atoms with Crippen LogP contribution in [0.25, 0.3) is 11.5 Å². The third-order valence-electron chi connectivity index (χ3n) is 2.41. The maximum Gasteiger partial charge on any atom is 0.322 e. The number of anilines is 1. The van der Waals surface area contributed by atoms with Crippen molar-refractivity contribution in [2.75, 3.05) is 12.4 Å². The molecule has 0 unspecified atom stereocenters. The summed E-state index contributed by atoms with van der Waals surface area (Å²) < 4.78 is 9.98. The quantitative estimate of drug-likeness (QED) is 0.846. The van der Waals surface area contributed by atoms with Crippen LogP contribution in [0.15, 0.2) is 16.7 Å². The number of hydrogen-bond acceptors (Lipinski definition) is 7. The predicted molar refractivity (Wildman–Crippen MR) is 58.5 cm³/mol. The SMILES string of the molecule is COc1ccc(-c2noc(NC3CC3)n2)nn1. The summed E-state index contributed by atoms with van der Waals surface area (Å²) in [4.78, 5) is 4.18. The maximum atomic E-state index is 5.06. The van der Waals surface area contributed by atoms with Crippen LogP contribution in [-0.2, 0) is 0 Å². The Hall–Kier alpha value is -2.18. The summed E-state index contributed by atoms with van der Waals surface area (Å²) in [7, 11) is 1.54. The van der Waals surface area contributed by atoms with Gasteiger partial charge in [0.2, 0.25) is 11.7 Å². The van der Waals surface area contributed by atoms with Crippen LogP contribution in [0.4, 0.5) is 6.01 Å². The molecule has 0 aromatic carbocycles. The van der Waals surface area contributed by atoms with Gasteiger partial charge in [0, 0.05) is 12.1 Å². The predicted octanol–water partition coefficient (Wildman–Crippen LogP) is 1.11. The molecule has 2 aromatic rings. The largest absolute Gasteiger partial charge is 0.480 e. The van der Waals surface area contributed by atoms with E-state index < -0.39 is 0 Å². The van der Waals surface area contributed by atoms with E-state index in [1.165, 1.54) is 7.11 Å². The lowest BCUT2D eigenvalue weighted by Gasteiger charge is -1.96. The van der Waals surface area contributed by atoms with Gasteiger partial charge in [0.25, 0.3) is 0 Å². The Labute approximate surface area is 97.2 Å². The number of methoxy groups -OCH3 is 1. The zero-order chi connectivity index (χ0) is 11.7. The molecule has 1 N–H and O–H groups in total. The van der Waals surface area contributed by atoms with E-state index in [0.717, 1.165) is 12.8 Å². The van der Waals surface area contributed by atoms with Gasteiger partial charge in [-0.3, -0.25) is 0 Å². The summed E-state index contributed by atoms with van der Waals surface area (Å²) in [5.41, 5.74) is 0.554. The van der Waals surface area contributed by atoms with Gasteiger partial charge in [-0.15, -0.1) is 10.2 Å². The van der Waals surface area contributed by atoms with E-state index in [1.54, 1.807) is 12.1 Å². The molecule has 17 heavy (non-hydrogen) atoms. The molecule has 7 heteroatoms. The summed E-state index contributed by atoms with van der Waals surface area (Å²) >= 11 is 0. The molecule has 0 bridgehead atoms. The zero-order valence-corrected chi connectivity index (χ0v) is 9.25. The van der Waals surface area contributed by atoms with Crippen LogP contribution < -0.4 is 10.1 Å². The standard InChI is InChI=1S/C10H11N5O2/c1-16-8-5-4-7(13-14-8)9-12-10(17-15-9)11-6-2-3-6/h4-6H,2-3H2,1H3,(H,11,12,15). The van der Waals surface area contributed by atoms with E-state index in [2.05, 4.69) is 25.7 Å². The fourth-order valence-electron chi connectivity index (χ4n) is 1.34. The highest BCUT2D eigenvalue weighted by molar-refractivity contribution is 5.49. The summed E-state index contributed by atoms with van der Waals surface area (Å²) in [5, 5.41) is 14.7. The molecule has 0 amide bonds. The van der Waals surface area contributed by atoms with Crippen LogP contribution in [0, 0.1) is 0 Å². The second-order valence-electron chi connectivity index (χ2n) is 3.80. The lowest BCUT2D eigenvalue weighted by atomic mass is 10.4. The minimum absolute atomic E-state index is 0.420. The molecular formula is C10H11N5O2. The summed E-state index contributed by atoms with van der Waals surface area (Å²) in [6.45, 7) is 0. The number of hydrogen-bond donors (Lipinski definition) is 1. The van der Waals surface area contributed by atoms with E-state index >= 15 is 0 Å². The molecule has 1 aliphatic carbocycles. The minimum atomic E-state index is 0.420. The van der Waals surface area contributed by atoms with Crippen molar-refractivity contribution in [3.05, 3.63) is 12.1 Å². The normalized spacial score (nSPS) is 14.6. The average Bonchev–Trinajstić information content (AvgIpc) is 3.06. The first-order valence-corrected chi connectivity index (χ1v) is 5.33. The van der Waals surface area contributed by atoms with E-state index in [1.807, 2.05) is 0 Å². The van der Waals surface area contributed by atoms with Crippen molar-refractivity contribution >= 4 is 6.01 Å². The Morgan fingerprint density at radius 3 is 2.88 bits per heavy atom. The Bertz CT molecular complexity index is 506. The van der Waals surface area contributed by atoms with Gasteiger partial charge in [-0.05, 0) is 18.9 Å². The monoisotopic (exact) mass is 233 g/mol. The molecule has 0 saturated heterocycles. The van der Waals surface area contributed by atoms with Crippen molar-refractivity contribution in [3.63, 3.8) is 0 Å². The zero-order valence-electron chi connectivity index (χ0n) is 9.25. The number of nitrogens with one attached hydrogen (secondary N) is 1. The Morgan fingerprint density at radius 2 is 2.24 bits per heavy atom. The first-order valence-electron chi connectivity index (χ1n) is 5.33. The third-order valence-corrected chi connectivity index (χ3v) is 2.41. The van der Waals surface area contributed by atoms with Gasteiger partial charge in [0.15, 0.2) is 0 Å². The smallest absolute Gasteiger partial charge is 0.322 e. The molecule has 1 aliphatic rings. The Kier molecular flexibility index (Phi) is 2.36. The molecule has 0 atom stereocenters.